The molecule has 0 saturated heterocycles. The van der Waals surface area contributed by atoms with Gasteiger partial charge < -0.3 is 19.5 Å². The Balaban J connectivity index is 1.84. The standard InChI is InChI=1S/C20H22BrNO3/c1-20(2)9-8-14-16(6-5-7-17(14)25-20)22-12-13-10-18(23-3)19(24-4)11-15(13)21/h5-11,22H,12H2,1-4H3. The van der Waals surface area contributed by atoms with Crippen LogP contribution in [0.2, 0.25) is 0 Å². The second kappa shape index (κ2) is 7.00. The Morgan fingerprint density at radius 1 is 1.12 bits per heavy atom. The average Bonchev–Trinajstić information content (AvgIpc) is 2.59. The van der Waals surface area contributed by atoms with Gasteiger partial charge in [-0.1, -0.05) is 22.0 Å². The molecule has 2 aromatic rings. The number of halogens is 1. The molecule has 0 aliphatic carbocycles. The number of methoxy groups -OCH3 is 2. The Hall–Kier alpha value is -2.14. The van der Waals surface area contributed by atoms with Gasteiger partial charge in [0.15, 0.2) is 11.5 Å². The molecular formula is C20H22BrNO3. The number of ether oxygens (including phenoxy) is 3. The van der Waals surface area contributed by atoms with E-state index in [9.17, 15) is 0 Å². The first-order valence-corrected chi connectivity index (χ1v) is 8.88. The van der Waals surface area contributed by atoms with Gasteiger partial charge in [-0.25, -0.2) is 0 Å². The van der Waals surface area contributed by atoms with Gasteiger partial charge in [0, 0.05) is 22.3 Å². The number of nitrogens with one attached hydrogen (secondary N) is 1. The van der Waals surface area contributed by atoms with Gasteiger partial charge in [-0.15, -0.1) is 0 Å². The van der Waals surface area contributed by atoms with E-state index in [0.29, 0.717) is 18.0 Å². The van der Waals surface area contributed by atoms with Crippen LogP contribution < -0.4 is 19.5 Å². The third kappa shape index (κ3) is 3.76. The molecule has 4 nitrogen and oxygen atoms in total. The van der Waals surface area contributed by atoms with E-state index in [1.54, 1.807) is 14.2 Å². The highest BCUT2D eigenvalue weighted by Crippen LogP contribution is 2.37. The van der Waals surface area contributed by atoms with Crippen molar-refractivity contribution in [1.29, 1.82) is 0 Å². The summed E-state index contributed by atoms with van der Waals surface area (Å²) in [4.78, 5) is 0. The van der Waals surface area contributed by atoms with Crippen LogP contribution in [0.3, 0.4) is 0 Å². The summed E-state index contributed by atoms with van der Waals surface area (Å²) in [7, 11) is 3.27. The fourth-order valence-corrected chi connectivity index (χ4v) is 3.25. The molecule has 0 bridgehead atoms. The number of anilines is 1. The lowest BCUT2D eigenvalue weighted by atomic mass is 10.0. The van der Waals surface area contributed by atoms with Gasteiger partial charge in [-0.2, -0.15) is 0 Å². The van der Waals surface area contributed by atoms with E-state index in [4.69, 9.17) is 14.2 Å². The van der Waals surface area contributed by atoms with Crippen molar-refractivity contribution in [3.05, 3.63) is 52.0 Å². The normalized spacial score (nSPS) is 14.4. The van der Waals surface area contributed by atoms with Gasteiger partial charge in [0.05, 0.1) is 14.2 Å². The zero-order chi connectivity index (χ0) is 18.0. The van der Waals surface area contributed by atoms with Crippen molar-refractivity contribution in [2.24, 2.45) is 0 Å². The van der Waals surface area contributed by atoms with Crippen molar-refractivity contribution in [2.45, 2.75) is 26.0 Å². The number of fused-ring (bicyclic) bond motifs is 1. The monoisotopic (exact) mass is 403 g/mol. The predicted octanol–water partition coefficient (Wildman–Crippen LogP) is 5.26. The molecule has 0 fully saturated rings. The minimum atomic E-state index is -0.280. The molecule has 0 amide bonds. The quantitative estimate of drug-likeness (QED) is 0.738. The number of benzene rings is 2. The van der Waals surface area contributed by atoms with E-state index in [0.717, 1.165) is 27.0 Å². The fourth-order valence-electron chi connectivity index (χ4n) is 2.78. The first-order valence-electron chi connectivity index (χ1n) is 8.09. The van der Waals surface area contributed by atoms with Crippen molar-refractivity contribution >= 4 is 27.7 Å². The summed E-state index contributed by atoms with van der Waals surface area (Å²) in [5.41, 5.74) is 2.90. The predicted molar refractivity (Wildman–Crippen MR) is 105 cm³/mol. The van der Waals surface area contributed by atoms with E-state index >= 15 is 0 Å². The summed E-state index contributed by atoms with van der Waals surface area (Å²) < 4.78 is 17.7. The van der Waals surface area contributed by atoms with E-state index in [-0.39, 0.29) is 5.60 Å². The molecule has 132 valence electrons. The lowest BCUT2D eigenvalue weighted by Crippen LogP contribution is -2.27. The van der Waals surface area contributed by atoms with Crippen LogP contribution in [-0.2, 0) is 6.54 Å². The van der Waals surface area contributed by atoms with Crippen molar-refractivity contribution in [1.82, 2.24) is 0 Å². The van der Waals surface area contributed by atoms with Crippen molar-refractivity contribution in [3.8, 4) is 17.2 Å². The second-order valence-electron chi connectivity index (χ2n) is 6.41. The minimum Gasteiger partial charge on any atom is -0.493 e. The first kappa shape index (κ1) is 17.7. The third-order valence-electron chi connectivity index (χ3n) is 4.11. The lowest BCUT2D eigenvalue weighted by molar-refractivity contribution is 0.159. The topological polar surface area (TPSA) is 39.7 Å². The highest BCUT2D eigenvalue weighted by Gasteiger charge is 2.23. The lowest BCUT2D eigenvalue weighted by Gasteiger charge is -2.29. The maximum Gasteiger partial charge on any atom is 0.161 e. The molecule has 0 saturated carbocycles. The molecule has 5 heteroatoms. The van der Waals surface area contributed by atoms with Crippen molar-refractivity contribution < 1.29 is 14.2 Å². The molecule has 1 heterocycles. The molecule has 1 aliphatic heterocycles. The van der Waals surface area contributed by atoms with Crippen molar-refractivity contribution in [2.75, 3.05) is 19.5 Å². The van der Waals surface area contributed by atoms with Crippen LogP contribution in [0.25, 0.3) is 6.08 Å². The molecule has 0 spiro atoms. The summed E-state index contributed by atoms with van der Waals surface area (Å²) >= 11 is 3.60. The molecule has 0 atom stereocenters. The first-order chi connectivity index (χ1) is 11.9. The van der Waals surface area contributed by atoms with Gasteiger partial charge in [-0.05, 0) is 55.8 Å². The van der Waals surface area contributed by atoms with Crippen molar-refractivity contribution in [3.63, 3.8) is 0 Å². The Morgan fingerprint density at radius 3 is 2.56 bits per heavy atom. The molecule has 2 aromatic carbocycles. The highest BCUT2D eigenvalue weighted by molar-refractivity contribution is 9.10. The van der Waals surface area contributed by atoms with E-state index < -0.39 is 0 Å². The molecule has 1 N–H and O–H groups in total. The highest BCUT2D eigenvalue weighted by atomic mass is 79.9. The summed E-state index contributed by atoms with van der Waals surface area (Å²) in [5, 5.41) is 3.49. The van der Waals surface area contributed by atoms with Crippen LogP contribution in [-0.4, -0.2) is 19.8 Å². The van der Waals surface area contributed by atoms with Crippen LogP contribution in [0, 0.1) is 0 Å². The maximum atomic E-state index is 6.03. The Labute approximate surface area is 156 Å². The Kier molecular flexibility index (Phi) is 4.95. The zero-order valence-electron chi connectivity index (χ0n) is 14.9. The van der Waals surface area contributed by atoms with Gasteiger partial charge in [-0.3, -0.25) is 0 Å². The van der Waals surface area contributed by atoms with Gasteiger partial charge >= 0.3 is 0 Å². The number of rotatable bonds is 5. The van der Waals surface area contributed by atoms with E-state index in [1.165, 1.54) is 0 Å². The van der Waals surface area contributed by atoms with Crippen LogP contribution in [0.4, 0.5) is 5.69 Å². The van der Waals surface area contributed by atoms with Crippen LogP contribution in [0.1, 0.15) is 25.0 Å². The third-order valence-corrected chi connectivity index (χ3v) is 4.85. The zero-order valence-corrected chi connectivity index (χ0v) is 16.4. The molecule has 25 heavy (non-hydrogen) atoms. The van der Waals surface area contributed by atoms with Gasteiger partial charge in [0.1, 0.15) is 11.4 Å². The summed E-state index contributed by atoms with van der Waals surface area (Å²) in [6, 6.07) is 9.94. The smallest absolute Gasteiger partial charge is 0.161 e. The minimum absolute atomic E-state index is 0.280. The molecule has 3 rings (SSSR count). The van der Waals surface area contributed by atoms with Gasteiger partial charge in [0.25, 0.3) is 0 Å². The molecular weight excluding hydrogens is 382 g/mol. The molecule has 0 radical (unpaired) electrons. The molecule has 1 aliphatic rings. The SMILES string of the molecule is COc1cc(Br)c(CNc2cccc3c2C=CC(C)(C)O3)cc1OC. The van der Waals surface area contributed by atoms with Crippen LogP contribution in [0.5, 0.6) is 17.2 Å². The maximum absolute atomic E-state index is 6.03. The summed E-state index contributed by atoms with van der Waals surface area (Å²) in [5.74, 6) is 2.31. The van der Waals surface area contributed by atoms with E-state index in [2.05, 4.69) is 39.5 Å². The van der Waals surface area contributed by atoms with Crippen LogP contribution in [0.15, 0.2) is 40.9 Å². The number of hydrogen-bond acceptors (Lipinski definition) is 4. The second-order valence-corrected chi connectivity index (χ2v) is 7.26. The largest absolute Gasteiger partial charge is 0.493 e. The summed E-state index contributed by atoms with van der Waals surface area (Å²) in [6.07, 6.45) is 4.19. The number of hydrogen-bond donors (Lipinski definition) is 1. The fraction of sp³-hybridized carbons (Fsp3) is 0.300. The van der Waals surface area contributed by atoms with Crippen LogP contribution >= 0.6 is 15.9 Å². The Bertz CT molecular complexity index is 815. The summed E-state index contributed by atoms with van der Waals surface area (Å²) in [6.45, 7) is 4.75. The molecule has 0 unspecified atom stereocenters. The Morgan fingerprint density at radius 2 is 1.84 bits per heavy atom. The average molecular weight is 404 g/mol. The molecule has 0 aromatic heterocycles. The van der Waals surface area contributed by atoms with Gasteiger partial charge in [0.2, 0.25) is 0 Å². The van der Waals surface area contributed by atoms with E-state index in [1.807, 2.05) is 38.1 Å².